The number of nitrogens with zero attached hydrogens (tertiary/aromatic N) is 4. The van der Waals surface area contributed by atoms with Gasteiger partial charge in [0.05, 0.1) is 25.7 Å². The lowest BCUT2D eigenvalue weighted by Crippen LogP contribution is -2.15. The van der Waals surface area contributed by atoms with Crippen LogP contribution in [0.3, 0.4) is 0 Å². The molecular formula is C20H21N5O5S. The fraction of sp³-hybridized carbons (Fsp3) is 0.300. The molecule has 2 aromatic heterocycles. The SMILES string of the molecule is CCn1c(SCC(=O)Nc2ccc(OC)cc2OC)nnc1-c1nccc2c1OCO2. The van der Waals surface area contributed by atoms with Crippen molar-refractivity contribution in [2.75, 3.05) is 32.1 Å². The third-order valence-corrected chi connectivity index (χ3v) is 5.51. The average Bonchev–Trinajstić information content (AvgIpc) is 3.44. The number of carbonyl (C=O) groups is 1. The molecule has 11 heteroatoms. The van der Waals surface area contributed by atoms with E-state index in [4.69, 9.17) is 18.9 Å². The minimum absolute atomic E-state index is 0.144. The summed E-state index contributed by atoms with van der Waals surface area (Å²) in [5.41, 5.74) is 1.12. The van der Waals surface area contributed by atoms with E-state index in [1.807, 2.05) is 11.5 Å². The maximum atomic E-state index is 12.5. The molecule has 1 aromatic carbocycles. The van der Waals surface area contributed by atoms with Crippen LogP contribution in [0.25, 0.3) is 11.5 Å². The van der Waals surface area contributed by atoms with E-state index < -0.39 is 0 Å². The first-order valence-electron chi connectivity index (χ1n) is 9.47. The molecule has 3 aromatic rings. The van der Waals surface area contributed by atoms with Gasteiger partial charge < -0.3 is 28.8 Å². The summed E-state index contributed by atoms with van der Waals surface area (Å²) in [6.45, 7) is 2.72. The Bertz CT molecular complexity index is 1100. The normalized spacial score (nSPS) is 12.0. The molecule has 0 unspecified atom stereocenters. The van der Waals surface area contributed by atoms with E-state index in [0.717, 1.165) is 0 Å². The Kier molecular flexibility index (Phi) is 6.12. The quantitative estimate of drug-likeness (QED) is 0.526. The highest BCUT2D eigenvalue weighted by Crippen LogP contribution is 2.39. The van der Waals surface area contributed by atoms with Crippen molar-refractivity contribution >= 4 is 23.4 Å². The predicted molar refractivity (Wildman–Crippen MR) is 114 cm³/mol. The molecule has 31 heavy (non-hydrogen) atoms. The average molecular weight is 443 g/mol. The Morgan fingerprint density at radius 1 is 1.23 bits per heavy atom. The number of rotatable bonds is 8. The molecule has 0 radical (unpaired) electrons. The van der Waals surface area contributed by atoms with Gasteiger partial charge in [0.2, 0.25) is 12.7 Å². The molecule has 0 atom stereocenters. The standard InChI is InChI=1S/C20H21N5O5S/c1-4-25-19(17-18-14(7-8-21-17)29-11-30-18)23-24-20(25)31-10-16(26)22-13-6-5-12(27-2)9-15(13)28-3/h5-9H,4,10-11H2,1-3H3,(H,22,26). The first-order valence-corrected chi connectivity index (χ1v) is 10.5. The highest BCUT2D eigenvalue weighted by atomic mass is 32.2. The molecule has 4 rings (SSSR count). The number of fused-ring (bicyclic) bond motifs is 1. The third-order valence-electron chi connectivity index (χ3n) is 4.55. The van der Waals surface area contributed by atoms with Crippen LogP contribution in [0.2, 0.25) is 0 Å². The lowest BCUT2D eigenvalue weighted by molar-refractivity contribution is -0.113. The number of ether oxygens (including phenoxy) is 4. The Labute approximate surface area is 182 Å². The second-order valence-electron chi connectivity index (χ2n) is 6.35. The summed E-state index contributed by atoms with van der Waals surface area (Å²) in [5, 5.41) is 12.0. The summed E-state index contributed by atoms with van der Waals surface area (Å²) >= 11 is 1.28. The molecule has 162 valence electrons. The van der Waals surface area contributed by atoms with Crippen LogP contribution in [0.1, 0.15) is 6.92 Å². The number of hydrogen-bond donors (Lipinski definition) is 1. The predicted octanol–water partition coefficient (Wildman–Crippen LogP) is 2.84. The fourth-order valence-corrected chi connectivity index (χ4v) is 3.87. The van der Waals surface area contributed by atoms with Crippen molar-refractivity contribution in [1.82, 2.24) is 19.7 Å². The second-order valence-corrected chi connectivity index (χ2v) is 7.29. The molecule has 1 aliphatic heterocycles. The summed E-state index contributed by atoms with van der Waals surface area (Å²) in [4.78, 5) is 16.9. The van der Waals surface area contributed by atoms with E-state index in [1.54, 1.807) is 37.6 Å². The molecule has 3 heterocycles. The van der Waals surface area contributed by atoms with Crippen LogP contribution in [0, 0.1) is 0 Å². The van der Waals surface area contributed by atoms with Crippen LogP contribution >= 0.6 is 11.8 Å². The van der Waals surface area contributed by atoms with Gasteiger partial charge in [-0.3, -0.25) is 4.79 Å². The number of thioether (sulfide) groups is 1. The first-order chi connectivity index (χ1) is 15.1. The van der Waals surface area contributed by atoms with Gasteiger partial charge in [0.15, 0.2) is 28.2 Å². The number of amides is 1. The van der Waals surface area contributed by atoms with Gasteiger partial charge >= 0.3 is 0 Å². The monoisotopic (exact) mass is 443 g/mol. The van der Waals surface area contributed by atoms with E-state index in [2.05, 4.69) is 20.5 Å². The van der Waals surface area contributed by atoms with Gasteiger partial charge in [-0.2, -0.15) is 0 Å². The van der Waals surface area contributed by atoms with Crippen molar-refractivity contribution in [2.45, 2.75) is 18.6 Å². The maximum Gasteiger partial charge on any atom is 0.234 e. The topological polar surface area (TPSA) is 110 Å². The first kappa shape index (κ1) is 20.8. The molecule has 0 saturated carbocycles. The number of anilines is 1. The van der Waals surface area contributed by atoms with Crippen molar-refractivity contribution in [3.63, 3.8) is 0 Å². The lowest BCUT2D eigenvalue weighted by atomic mass is 10.2. The maximum absolute atomic E-state index is 12.5. The Morgan fingerprint density at radius 2 is 2.10 bits per heavy atom. The zero-order valence-electron chi connectivity index (χ0n) is 17.2. The van der Waals surface area contributed by atoms with Crippen molar-refractivity contribution in [3.8, 4) is 34.5 Å². The molecule has 1 N–H and O–H groups in total. The third kappa shape index (κ3) is 4.22. The van der Waals surface area contributed by atoms with Crippen LogP contribution < -0.4 is 24.3 Å². The van der Waals surface area contributed by atoms with Gasteiger partial charge in [-0.05, 0) is 19.1 Å². The Balaban J connectivity index is 1.48. The van der Waals surface area contributed by atoms with Gasteiger partial charge in [0, 0.05) is 24.9 Å². The number of hydrogen-bond acceptors (Lipinski definition) is 9. The number of pyridine rings is 1. The lowest BCUT2D eigenvalue weighted by Gasteiger charge is -2.12. The molecule has 0 fully saturated rings. The van der Waals surface area contributed by atoms with E-state index in [1.165, 1.54) is 18.9 Å². The summed E-state index contributed by atoms with van der Waals surface area (Å²) in [7, 11) is 3.10. The molecule has 1 aliphatic rings. The smallest absolute Gasteiger partial charge is 0.234 e. The molecule has 0 aliphatic carbocycles. The van der Waals surface area contributed by atoms with Crippen LogP contribution in [0.5, 0.6) is 23.0 Å². The minimum Gasteiger partial charge on any atom is -0.497 e. The molecule has 0 bridgehead atoms. The van der Waals surface area contributed by atoms with E-state index in [9.17, 15) is 4.79 Å². The van der Waals surface area contributed by atoms with Crippen LogP contribution in [0.15, 0.2) is 35.6 Å². The molecule has 0 spiro atoms. The second kappa shape index (κ2) is 9.13. The number of carbonyl (C=O) groups excluding carboxylic acids is 1. The van der Waals surface area contributed by atoms with E-state index in [0.29, 0.717) is 51.9 Å². The molecule has 0 saturated heterocycles. The van der Waals surface area contributed by atoms with E-state index >= 15 is 0 Å². The zero-order valence-corrected chi connectivity index (χ0v) is 18.1. The van der Waals surface area contributed by atoms with Crippen molar-refractivity contribution in [3.05, 3.63) is 30.5 Å². The van der Waals surface area contributed by atoms with Gasteiger partial charge in [-0.25, -0.2) is 4.98 Å². The summed E-state index contributed by atoms with van der Waals surface area (Å²) in [6.07, 6.45) is 1.64. The number of benzene rings is 1. The van der Waals surface area contributed by atoms with Crippen LogP contribution in [-0.2, 0) is 11.3 Å². The van der Waals surface area contributed by atoms with Crippen molar-refractivity contribution < 1.29 is 23.7 Å². The highest BCUT2D eigenvalue weighted by Gasteiger charge is 2.25. The van der Waals surface area contributed by atoms with Crippen LogP contribution in [-0.4, -0.2) is 52.4 Å². The minimum atomic E-state index is -0.198. The largest absolute Gasteiger partial charge is 0.497 e. The summed E-state index contributed by atoms with van der Waals surface area (Å²) in [6, 6.07) is 6.94. The Morgan fingerprint density at radius 3 is 2.87 bits per heavy atom. The van der Waals surface area contributed by atoms with Crippen molar-refractivity contribution in [2.24, 2.45) is 0 Å². The zero-order chi connectivity index (χ0) is 21.8. The van der Waals surface area contributed by atoms with Gasteiger partial charge in [0.25, 0.3) is 0 Å². The van der Waals surface area contributed by atoms with Gasteiger partial charge in [-0.15, -0.1) is 10.2 Å². The highest BCUT2D eigenvalue weighted by molar-refractivity contribution is 7.99. The number of nitrogens with one attached hydrogen (secondary N) is 1. The number of aromatic nitrogens is 4. The summed E-state index contributed by atoms with van der Waals surface area (Å²) in [5.74, 6) is 2.84. The van der Waals surface area contributed by atoms with Gasteiger partial charge in [0.1, 0.15) is 11.5 Å². The molecular weight excluding hydrogens is 422 g/mol. The van der Waals surface area contributed by atoms with Crippen molar-refractivity contribution in [1.29, 1.82) is 0 Å². The van der Waals surface area contributed by atoms with Crippen LogP contribution in [0.4, 0.5) is 5.69 Å². The Hall–Kier alpha value is -3.47. The van der Waals surface area contributed by atoms with E-state index in [-0.39, 0.29) is 18.5 Å². The molecule has 1 amide bonds. The number of methoxy groups -OCH3 is 2. The summed E-state index contributed by atoms with van der Waals surface area (Å²) < 4.78 is 23.3. The van der Waals surface area contributed by atoms with Gasteiger partial charge in [-0.1, -0.05) is 11.8 Å². The fourth-order valence-electron chi connectivity index (χ4n) is 3.07. The molecule has 10 nitrogen and oxygen atoms in total.